The van der Waals surface area contributed by atoms with Crippen molar-refractivity contribution >= 4 is 26.5 Å². The van der Waals surface area contributed by atoms with Crippen molar-refractivity contribution < 1.29 is 9.47 Å². The van der Waals surface area contributed by atoms with Gasteiger partial charge in [-0.2, -0.15) is 0 Å². The van der Waals surface area contributed by atoms with Crippen LogP contribution in [-0.4, -0.2) is 36.9 Å². The summed E-state index contributed by atoms with van der Waals surface area (Å²) in [6.07, 6.45) is 16.2. The minimum absolute atomic E-state index is 0.106. The molecule has 3 aliphatic rings. The maximum Gasteiger partial charge on any atom is 0.124 e. The van der Waals surface area contributed by atoms with E-state index in [2.05, 4.69) is 58.9 Å². The third-order valence-electron chi connectivity index (χ3n) is 10.3. The summed E-state index contributed by atoms with van der Waals surface area (Å²) in [5, 5.41) is 3.11. The number of benzene rings is 2. The van der Waals surface area contributed by atoms with Crippen molar-refractivity contribution in [1.82, 2.24) is 0 Å². The Kier molecular flexibility index (Phi) is 9.66. The molecule has 3 atom stereocenters. The highest BCUT2D eigenvalue weighted by atomic mass is 31.1. The Bertz CT molecular complexity index is 1010. The number of hydrogen-bond donors (Lipinski definition) is 0. The van der Waals surface area contributed by atoms with E-state index < -0.39 is 7.92 Å². The Hall–Kier alpha value is -1.10. The maximum absolute atomic E-state index is 5.81. The van der Waals surface area contributed by atoms with Crippen LogP contribution in [0.3, 0.4) is 0 Å². The molecule has 2 nitrogen and oxygen atoms in total. The molecule has 3 saturated carbocycles. The van der Waals surface area contributed by atoms with Crippen LogP contribution in [0.2, 0.25) is 0 Å². The molecule has 0 radical (unpaired) electrons. The van der Waals surface area contributed by atoms with E-state index in [4.69, 9.17) is 9.47 Å². The Morgan fingerprint density at radius 1 is 0.615 bits per heavy atom. The normalized spacial score (nSPS) is 23.3. The van der Waals surface area contributed by atoms with Gasteiger partial charge in [-0.3, -0.25) is 0 Å². The van der Waals surface area contributed by atoms with Crippen LogP contribution in [0.25, 0.3) is 0 Å². The number of rotatable bonds is 9. The van der Waals surface area contributed by atoms with E-state index in [1.54, 1.807) is 10.6 Å². The third-order valence-corrected chi connectivity index (χ3v) is 17.3. The van der Waals surface area contributed by atoms with Gasteiger partial charge in [-0.1, -0.05) is 46.9 Å². The van der Waals surface area contributed by atoms with E-state index in [-0.39, 0.29) is 7.92 Å². The average molecular weight is 567 g/mol. The highest BCUT2D eigenvalue weighted by Gasteiger charge is 2.45. The molecular formula is C35H52O2P2. The molecule has 4 heteroatoms. The SMILES string of the molecule is COc1c(C)cc(P(c2cc(C)c(OC)c(C)c2)C2CCCC2[C@@H](C)P(C2CCCC2)C2CCCC2)cc1C. The van der Waals surface area contributed by atoms with E-state index in [1.165, 1.54) is 92.9 Å². The molecule has 0 spiro atoms. The van der Waals surface area contributed by atoms with Gasteiger partial charge in [-0.05, 0) is 160 Å². The van der Waals surface area contributed by atoms with E-state index in [0.29, 0.717) is 0 Å². The van der Waals surface area contributed by atoms with E-state index >= 15 is 0 Å². The second kappa shape index (κ2) is 12.8. The topological polar surface area (TPSA) is 18.5 Å². The first-order chi connectivity index (χ1) is 18.8. The predicted molar refractivity (Wildman–Crippen MR) is 173 cm³/mol. The predicted octanol–water partition coefficient (Wildman–Crippen LogP) is 9.29. The fourth-order valence-corrected chi connectivity index (χ4v) is 17.2. The molecule has 214 valence electrons. The van der Waals surface area contributed by atoms with Crippen LogP contribution in [0, 0.1) is 33.6 Å². The molecule has 0 saturated heterocycles. The summed E-state index contributed by atoms with van der Waals surface area (Å²) in [5.74, 6) is 2.96. The summed E-state index contributed by atoms with van der Waals surface area (Å²) >= 11 is 0. The maximum atomic E-state index is 5.81. The molecule has 5 rings (SSSR count). The Morgan fingerprint density at radius 2 is 1.03 bits per heavy atom. The van der Waals surface area contributed by atoms with Crippen molar-refractivity contribution in [2.45, 2.75) is 128 Å². The van der Waals surface area contributed by atoms with E-state index in [0.717, 1.165) is 40.1 Å². The Morgan fingerprint density at radius 3 is 1.41 bits per heavy atom. The van der Waals surface area contributed by atoms with Crippen molar-refractivity contribution in [3.8, 4) is 11.5 Å². The van der Waals surface area contributed by atoms with Crippen LogP contribution in [-0.2, 0) is 0 Å². The summed E-state index contributed by atoms with van der Waals surface area (Å²) < 4.78 is 11.6. The molecule has 0 heterocycles. The molecule has 2 aromatic carbocycles. The number of ether oxygens (including phenoxy) is 2. The molecule has 0 aromatic heterocycles. The molecule has 0 N–H and O–H groups in total. The van der Waals surface area contributed by atoms with Gasteiger partial charge in [0.05, 0.1) is 14.2 Å². The monoisotopic (exact) mass is 566 g/mol. The van der Waals surface area contributed by atoms with Crippen LogP contribution in [0.1, 0.15) is 99.8 Å². The molecule has 2 unspecified atom stereocenters. The largest absolute Gasteiger partial charge is 0.496 e. The second-order valence-corrected chi connectivity index (χ2v) is 18.4. The molecule has 0 bridgehead atoms. The standard InChI is InChI=1S/C35H52O2P2/c1-23-19-30(20-24(2)34(23)36-6)39(31-21-25(3)35(37-7)26(4)22-31)33-18-12-17-32(33)27(5)38(28-13-8-9-14-28)29-15-10-11-16-29/h19-22,27-29,32-33H,8-18H2,1-7H3/t27-,32?,33?/m1/s1. The van der Waals surface area contributed by atoms with Gasteiger partial charge in [0.2, 0.25) is 0 Å². The quantitative estimate of drug-likeness (QED) is 0.282. The van der Waals surface area contributed by atoms with Crippen molar-refractivity contribution in [2.75, 3.05) is 14.2 Å². The van der Waals surface area contributed by atoms with Crippen molar-refractivity contribution in [3.63, 3.8) is 0 Å². The lowest BCUT2D eigenvalue weighted by atomic mass is 10.0. The van der Waals surface area contributed by atoms with Gasteiger partial charge in [-0.15, -0.1) is 0 Å². The van der Waals surface area contributed by atoms with Crippen molar-refractivity contribution in [2.24, 2.45) is 5.92 Å². The molecule has 3 aliphatic carbocycles. The molecule has 0 amide bonds. The number of methoxy groups -OCH3 is 2. The number of hydrogen-bond acceptors (Lipinski definition) is 2. The second-order valence-electron chi connectivity index (χ2n) is 12.8. The minimum atomic E-state index is -0.473. The van der Waals surface area contributed by atoms with Gasteiger partial charge in [0.1, 0.15) is 11.5 Å². The zero-order chi connectivity index (χ0) is 27.7. The molecule has 3 fully saturated rings. The molecule has 2 aromatic rings. The highest BCUT2D eigenvalue weighted by molar-refractivity contribution is 7.73. The Labute approximate surface area is 241 Å². The Balaban J connectivity index is 1.57. The van der Waals surface area contributed by atoms with Gasteiger partial charge in [0.15, 0.2) is 0 Å². The van der Waals surface area contributed by atoms with Gasteiger partial charge >= 0.3 is 0 Å². The summed E-state index contributed by atoms with van der Waals surface area (Å²) in [5.41, 5.74) is 8.87. The lowest BCUT2D eigenvalue weighted by Crippen LogP contribution is -2.33. The van der Waals surface area contributed by atoms with Crippen LogP contribution in [0.15, 0.2) is 24.3 Å². The first-order valence-corrected chi connectivity index (χ1v) is 18.7. The number of aryl methyl sites for hydroxylation is 4. The first-order valence-electron chi connectivity index (χ1n) is 15.7. The minimum Gasteiger partial charge on any atom is -0.496 e. The summed E-state index contributed by atoms with van der Waals surface area (Å²) in [7, 11) is 3.27. The van der Waals surface area contributed by atoms with Gasteiger partial charge in [-0.25, -0.2) is 0 Å². The van der Waals surface area contributed by atoms with Crippen molar-refractivity contribution in [3.05, 3.63) is 46.5 Å². The van der Waals surface area contributed by atoms with Crippen molar-refractivity contribution in [1.29, 1.82) is 0 Å². The van der Waals surface area contributed by atoms with Crippen LogP contribution in [0.5, 0.6) is 11.5 Å². The van der Waals surface area contributed by atoms with Gasteiger partial charge in [0.25, 0.3) is 0 Å². The summed E-state index contributed by atoms with van der Waals surface area (Å²) in [6.45, 7) is 11.7. The lowest BCUT2D eigenvalue weighted by molar-refractivity contribution is 0.408. The van der Waals surface area contributed by atoms with Crippen LogP contribution >= 0.6 is 15.8 Å². The first kappa shape index (κ1) is 29.4. The smallest absolute Gasteiger partial charge is 0.124 e. The summed E-state index contributed by atoms with van der Waals surface area (Å²) in [4.78, 5) is 0. The van der Waals surface area contributed by atoms with E-state index in [1.807, 2.05) is 14.2 Å². The average Bonchev–Trinajstić information content (AvgIpc) is 3.68. The van der Waals surface area contributed by atoms with E-state index in [9.17, 15) is 0 Å². The van der Waals surface area contributed by atoms with Gasteiger partial charge in [0, 0.05) is 0 Å². The fourth-order valence-electron chi connectivity index (χ4n) is 8.75. The fraction of sp³-hybridized carbons (Fsp3) is 0.657. The van der Waals surface area contributed by atoms with Crippen LogP contribution in [0.4, 0.5) is 0 Å². The zero-order valence-electron chi connectivity index (χ0n) is 25.7. The van der Waals surface area contributed by atoms with Gasteiger partial charge < -0.3 is 9.47 Å². The summed E-state index contributed by atoms with van der Waals surface area (Å²) in [6, 6.07) is 9.90. The zero-order valence-corrected chi connectivity index (χ0v) is 27.5. The highest BCUT2D eigenvalue weighted by Crippen LogP contribution is 2.65. The molecule has 0 aliphatic heterocycles. The molecular weight excluding hydrogens is 514 g/mol. The lowest BCUT2D eigenvalue weighted by Gasteiger charge is -2.42. The third kappa shape index (κ3) is 5.95. The molecule has 39 heavy (non-hydrogen) atoms. The van der Waals surface area contributed by atoms with Crippen LogP contribution < -0.4 is 20.1 Å².